The molecule has 0 bridgehead atoms. The van der Waals surface area contributed by atoms with E-state index in [4.69, 9.17) is 4.74 Å². The zero-order valence-electron chi connectivity index (χ0n) is 17.0. The van der Waals surface area contributed by atoms with Crippen molar-refractivity contribution in [3.63, 3.8) is 0 Å². The number of halogens is 7. The van der Waals surface area contributed by atoms with Gasteiger partial charge in [0.05, 0.1) is 19.3 Å². The molecule has 2 aromatic rings. The molecule has 0 N–H and O–H groups in total. The van der Waals surface area contributed by atoms with Crippen LogP contribution < -0.4 is 15.4 Å². The first-order valence-electron chi connectivity index (χ1n) is 9.75. The highest BCUT2D eigenvalue weighted by molar-refractivity contribution is 5.48. The Hall–Kier alpha value is -2.91. The number of anilines is 2. The second-order valence-electron chi connectivity index (χ2n) is 7.62. The van der Waals surface area contributed by atoms with Crippen molar-refractivity contribution in [2.45, 2.75) is 44.3 Å². The van der Waals surface area contributed by atoms with E-state index in [-0.39, 0.29) is 30.9 Å². The van der Waals surface area contributed by atoms with E-state index >= 15 is 0 Å². The predicted octanol–water partition coefficient (Wildman–Crippen LogP) is 2.52. The summed E-state index contributed by atoms with van der Waals surface area (Å²) in [5.74, 6) is -4.60. The molecule has 1 unspecified atom stereocenters. The first kappa shape index (κ1) is 23.3. The molecule has 1 saturated heterocycles. The van der Waals surface area contributed by atoms with E-state index in [0.717, 1.165) is 4.90 Å². The van der Waals surface area contributed by atoms with Crippen LogP contribution in [0, 0.1) is 5.82 Å². The minimum atomic E-state index is -4.89. The van der Waals surface area contributed by atoms with Gasteiger partial charge in [-0.1, -0.05) is 5.16 Å². The van der Waals surface area contributed by atoms with Crippen molar-refractivity contribution in [3.8, 4) is 0 Å². The molecule has 4 rings (SSSR count). The van der Waals surface area contributed by atoms with Gasteiger partial charge in [-0.3, -0.25) is 9.36 Å². The maximum atomic E-state index is 15.0. The molecule has 0 aliphatic carbocycles. The van der Waals surface area contributed by atoms with Crippen LogP contribution in [0.2, 0.25) is 0 Å². The Morgan fingerprint density at radius 3 is 2.45 bits per heavy atom. The van der Waals surface area contributed by atoms with E-state index < -0.39 is 72.3 Å². The molecule has 0 amide bonds. The Balaban J connectivity index is 1.79. The Morgan fingerprint density at radius 2 is 1.85 bits per heavy atom. The van der Waals surface area contributed by atoms with E-state index in [1.54, 1.807) is 6.92 Å². The molecule has 1 fully saturated rings. The van der Waals surface area contributed by atoms with Gasteiger partial charge in [0, 0.05) is 13.1 Å². The van der Waals surface area contributed by atoms with Crippen LogP contribution in [0.15, 0.2) is 9.32 Å². The van der Waals surface area contributed by atoms with Gasteiger partial charge < -0.3 is 19.1 Å². The Kier molecular flexibility index (Phi) is 5.74. The molecule has 9 nitrogen and oxygen atoms in total. The summed E-state index contributed by atoms with van der Waals surface area (Å²) in [6.45, 7) is 1.23. The number of fused-ring (bicyclic) bond motifs is 1. The van der Waals surface area contributed by atoms with Gasteiger partial charge in [0.25, 0.3) is 11.4 Å². The second-order valence-corrected chi connectivity index (χ2v) is 7.62. The maximum absolute atomic E-state index is 15.0. The van der Waals surface area contributed by atoms with E-state index in [9.17, 15) is 35.5 Å². The van der Waals surface area contributed by atoms with Crippen LogP contribution in [0.25, 0.3) is 0 Å². The quantitative estimate of drug-likeness (QED) is 0.612. The van der Waals surface area contributed by atoms with Crippen LogP contribution >= 0.6 is 0 Å². The first-order valence-corrected chi connectivity index (χ1v) is 9.75. The monoisotopic (exact) mass is 486 g/mol. The number of morpholine rings is 1. The topological polar surface area (TPSA) is 89.5 Å². The summed E-state index contributed by atoms with van der Waals surface area (Å²) in [6, 6.07) is -2.79. The zero-order valence-corrected chi connectivity index (χ0v) is 17.0. The molecule has 182 valence electrons. The van der Waals surface area contributed by atoms with Crippen LogP contribution in [0.3, 0.4) is 0 Å². The van der Waals surface area contributed by atoms with E-state index in [2.05, 4.69) is 19.6 Å². The van der Waals surface area contributed by atoms with E-state index in [1.807, 2.05) is 0 Å². The molecule has 2 atom stereocenters. The second kappa shape index (κ2) is 8.14. The summed E-state index contributed by atoms with van der Waals surface area (Å²) in [5.41, 5.74) is -1.54. The highest BCUT2D eigenvalue weighted by Gasteiger charge is 2.47. The fourth-order valence-corrected chi connectivity index (χ4v) is 3.79. The average molecular weight is 486 g/mol. The van der Waals surface area contributed by atoms with Gasteiger partial charge in [-0.2, -0.15) is 40.7 Å². The molecular formula is C17H17F7N6O3. The summed E-state index contributed by atoms with van der Waals surface area (Å²) in [7, 11) is 0. The maximum Gasteiger partial charge on any atom is 0.455 e. The summed E-state index contributed by atoms with van der Waals surface area (Å²) in [6.07, 6.45) is -10.4. The summed E-state index contributed by atoms with van der Waals surface area (Å²) < 4.78 is 104. The number of ether oxygens (including phenoxy) is 1. The molecule has 4 heterocycles. The van der Waals surface area contributed by atoms with Crippen molar-refractivity contribution in [3.05, 3.63) is 27.9 Å². The zero-order chi connectivity index (χ0) is 24.1. The Bertz CT molecular complexity index is 1080. The van der Waals surface area contributed by atoms with Crippen molar-refractivity contribution in [1.82, 2.24) is 19.7 Å². The number of rotatable bonds is 3. The molecular weight excluding hydrogens is 469 g/mol. The normalized spacial score (nSPS) is 21.9. The van der Waals surface area contributed by atoms with Crippen LogP contribution in [-0.2, 0) is 17.5 Å². The third kappa shape index (κ3) is 4.35. The Morgan fingerprint density at radius 1 is 1.12 bits per heavy atom. The number of nitrogens with zero attached hydrogens (tertiary/aromatic N) is 6. The van der Waals surface area contributed by atoms with Gasteiger partial charge in [-0.25, -0.2) is 0 Å². The smallest absolute Gasteiger partial charge is 0.377 e. The predicted molar refractivity (Wildman–Crippen MR) is 96.1 cm³/mol. The molecule has 16 heteroatoms. The fraction of sp³-hybridized carbons (Fsp3) is 0.647. The van der Waals surface area contributed by atoms with Gasteiger partial charge in [0.2, 0.25) is 17.7 Å². The lowest BCUT2D eigenvalue weighted by atomic mass is 10.1. The van der Waals surface area contributed by atoms with Crippen molar-refractivity contribution >= 4 is 11.8 Å². The number of hydrogen-bond donors (Lipinski definition) is 0. The summed E-state index contributed by atoms with van der Waals surface area (Å²) in [5, 5.41) is 2.81. The number of aromatic nitrogens is 4. The minimum absolute atomic E-state index is 0.134. The molecule has 0 spiro atoms. The first-order chi connectivity index (χ1) is 15.4. The third-order valence-electron chi connectivity index (χ3n) is 5.36. The standard InChI is InChI=1S/C17H17F7N6O3/c1-8-7-32-5-4-29(8)12-11(18)13(31)30-9(16(19,20)21)2-3-28(15(30)26-12)6-10-25-14(27-33-10)17(22,23)24/h8-9H,2-7H2,1H3/t8-,9?/m1/s1. The SMILES string of the molecule is C[C@@H]1COCCN1c1nc2n(c(=O)c1F)C(C(F)(F)F)CCN2Cc1nc(C(F)(F)F)no1. The summed E-state index contributed by atoms with van der Waals surface area (Å²) >= 11 is 0. The van der Waals surface area contributed by atoms with Crippen molar-refractivity contribution in [2.24, 2.45) is 0 Å². The van der Waals surface area contributed by atoms with Gasteiger partial charge in [-0.05, 0) is 13.3 Å². The third-order valence-corrected chi connectivity index (χ3v) is 5.36. The molecule has 0 aromatic carbocycles. The highest BCUT2D eigenvalue weighted by Crippen LogP contribution is 2.39. The number of hydrogen-bond acceptors (Lipinski definition) is 8. The van der Waals surface area contributed by atoms with Gasteiger partial charge in [-0.15, -0.1) is 0 Å². The van der Waals surface area contributed by atoms with E-state index in [1.165, 1.54) is 4.90 Å². The van der Waals surface area contributed by atoms with Crippen LogP contribution in [-0.4, -0.2) is 58.2 Å². The minimum Gasteiger partial charge on any atom is -0.377 e. The molecule has 0 saturated carbocycles. The average Bonchev–Trinajstić information content (AvgIpc) is 3.20. The summed E-state index contributed by atoms with van der Waals surface area (Å²) in [4.78, 5) is 22.4. The molecule has 0 radical (unpaired) electrons. The molecule has 2 aromatic heterocycles. The lowest BCUT2D eigenvalue weighted by molar-refractivity contribution is -0.171. The largest absolute Gasteiger partial charge is 0.455 e. The van der Waals surface area contributed by atoms with Crippen LogP contribution in [0.1, 0.15) is 31.1 Å². The Labute approximate surface area is 180 Å². The van der Waals surface area contributed by atoms with Crippen molar-refractivity contribution in [1.29, 1.82) is 0 Å². The van der Waals surface area contributed by atoms with Crippen LogP contribution in [0.4, 0.5) is 42.5 Å². The molecule has 33 heavy (non-hydrogen) atoms. The number of alkyl halides is 6. The van der Waals surface area contributed by atoms with Gasteiger partial charge in [0.1, 0.15) is 12.6 Å². The lowest BCUT2D eigenvalue weighted by Gasteiger charge is -2.38. The fourth-order valence-electron chi connectivity index (χ4n) is 3.79. The lowest BCUT2D eigenvalue weighted by Crippen LogP contribution is -2.49. The highest BCUT2D eigenvalue weighted by atomic mass is 19.4. The molecule has 2 aliphatic rings. The van der Waals surface area contributed by atoms with Gasteiger partial charge in [0.15, 0.2) is 5.82 Å². The van der Waals surface area contributed by atoms with Crippen molar-refractivity contribution < 1.29 is 40.0 Å². The van der Waals surface area contributed by atoms with Crippen molar-refractivity contribution in [2.75, 3.05) is 36.1 Å². The van der Waals surface area contributed by atoms with E-state index in [0.29, 0.717) is 0 Å². The van der Waals surface area contributed by atoms with Crippen LogP contribution in [0.5, 0.6) is 0 Å². The van der Waals surface area contributed by atoms with Gasteiger partial charge >= 0.3 is 12.4 Å². The molecule has 2 aliphatic heterocycles.